The molecule has 4 nitrogen and oxygen atoms in total. The van der Waals surface area contributed by atoms with Crippen molar-refractivity contribution in [2.24, 2.45) is 0 Å². The standard InChI is InChI=1S/C50H30N4/c51-31-32-22-26-45-42(28-32)43-30-35(24-27-46(43)53(45)37-25-23-33-12-4-5-13-34(33)29-37)48-38-16-6-8-18-40(38)49(41-19-9-7-17-39(41)48)50-52-44-20-10-11-21-47(44)54(50)36-14-2-1-3-15-36/h1-30H. The molecule has 0 fully saturated rings. The summed E-state index contributed by atoms with van der Waals surface area (Å²) in [5.74, 6) is 0.916. The van der Waals surface area contributed by atoms with Gasteiger partial charge in [-0.15, -0.1) is 0 Å². The van der Waals surface area contributed by atoms with Gasteiger partial charge in [0.05, 0.1) is 33.7 Å². The lowest BCUT2D eigenvalue weighted by Crippen LogP contribution is -1.99. The van der Waals surface area contributed by atoms with Crippen molar-refractivity contribution in [3.05, 3.63) is 188 Å². The summed E-state index contributed by atoms with van der Waals surface area (Å²) in [7, 11) is 0. The number of hydrogen-bond acceptors (Lipinski definition) is 2. The summed E-state index contributed by atoms with van der Waals surface area (Å²) in [6, 6.07) is 66.7. The first kappa shape index (κ1) is 30.2. The minimum Gasteiger partial charge on any atom is -0.309 e. The van der Waals surface area contributed by atoms with Crippen LogP contribution in [-0.2, 0) is 0 Å². The summed E-state index contributed by atoms with van der Waals surface area (Å²) < 4.78 is 4.62. The van der Waals surface area contributed by atoms with Crippen LogP contribution in [0, 0.1) is 11.3 Å². The second-order valence-electron chi connectivity index (χ2n) is 13.9. The summed E-state index contributed by atoms with van der Waals surface area (Å²) in [6.45, 7) is 0. The zero-order valence-electron chi connectivity index (χ0n) is 29.1. The lowest BCUT2D eigenvalue weighted by Gasteiger charge is -2.18. The second-order valence-corrected chi connectivity index (χ2v) is 13.9. The van der Waals surface area contributed by atoms with E-state index in [0.717, 1.165) is 82.7 Å². The molecule has 54 heavy (non-hydrogen) atoms. The van der Waals surface area contributed by atoms with Gasteiger partial charge in [-0.25, -0.2) is 4.98 Å². The fraction of sp³-hybridized carbons (Fsp3) is 0. The first-order valence-corrected chi connectivity index (χ1v) is 18.2. The highest BCUT2D eigenvalue weighted by molar-refractivity contribution is 6.22. The second kappa shape index (κ2) is 11.8. The van der Waals surface area contributed by atoms with E-state index in [1.165, 1.54) is 16.3 Å². The average Bonchev–Trinajstić information content (AvgIpc) is 3.78. The third kappa shape index (κ3) is 4.46. The van der Waals surface area contributed by atoms with Gasteiger partial charge in [0.15, 0.2) is 0 Å². The first-order chi connectivity index (χ1) is 26.7. The van der Waals surface area contributed by atoms with Gasteiger partial charge in [-0.1, -0.05) is 115 Å². The SMILES string of the molecule is N#Cc1ccc2c(c1)c1cc(-c3c4ccccc4c(-c4nc5ccccc5n4-c4ccccc4)c4ccccc34)ccc1n2-c1ccc2ccccc2c1. The van der Waals surface area contributed by atoms with Gasteiger partial charge in [-0.2, -0.15) is 5.26 Å². The van der Waals surface area contributed by atoms with Crippen LogP contribution in [0.25, 0.3) is 99.0 Å². The number of nitrogens with zero attached hydrogens (tertiary/aromatic N) is 4. The Labute approximate surface area is 311 Å². The highest BCUT2D eigenvalue weighted by Gasteiger charge is 2.23. The van der Waals surface area contributed by atoms with Gasteiger partial charge in [0, 0.05) is 27.7 Å². The molecule has 0 unspecified atom stereocenters. The number of hydrogen-bond donors (Lipinski definition) is 0. The molecule has 0 aliphatic carbocycles. The molecule has 2 heterocycles. The van der Waals surface area contributed by atoms with Crippen molar-refractivity contribution in [1.82, 2.24) is 14.1 Å². The molecule has 0 bridgehead atoms. The normalized spacial score (nSPS) is 11.7. The van der Waals surface area contributed by atoms with Crippen molar-refractivity contribution >= 4 is 65.2 Å². The van der Waals surface area contributed by atoms with Crippen LogP contribution in [0.3, 0.4) is 0 Å². The largest absolute Gasteiger partial charge is 0.309 e. The molecular formula is C50H30N4. The van der Waals surface area contributed by atoms with Crippen LogP contribution < -0.4 is 0 Å². The van der Waals surface area contributed by atoms with E-state index < -0.39 is 0 Å². The van der Waals surface area contributed by atoms with Gasteiger partial charge in [0.1, 0.15) is 5.82 Å². The van der Waals surface area contributed by atoms with Crippen LogP contribution in [0.15, 0.2) is 182 Å². The average molecular weight is 687 g/mol. The van der Waals surface area contributed by atoms with Gasteiger partial charge >= 0.3 is 0 Å². The molecule has 0 spiro atoms. The monoisotopic (exact) mass is 686 g/mol. The molecule has 0 atom stereocenters. The molecular weight excluding hydrogens is 657 g/mol. The van der Waals surface area contributed by atoms with Crippen molar-refractivity contribution in [2.45, 2.75) is 0 Å². The van der Waals surface area contributed by atoms with E-state index in [-0.39, 0.29) is 0 Å². The molecule has 0 saturated heterocycles. The molecule has 0 aliphatic heterocycles. The van der Waals surface area contributed by atoms with Gasteiger partial charge < -0.3 is 4.57 Å². The first-order valence-electron chi connectivity index (χ1n) is 18.2. The van der Waals surface area contributed by atoms with Gasteiger partial charge in [-0.05, 0) is 110 Å². The highest BCUT2D eigenvalue weighted by Crippen LogP contribution is 2.46. The molecule has 0 radical (unpaired) electrons. The van der Waals surface area contributed by atoms with Crippen molar-refractivity contribution in [3.8, 4) is 40.0 Å². The number of fused-ring (bicyclic) bond motifs is 7. The van der Waals surface area contributed by atoms with E-state index in [9.17, 15) is 5.26 Å². The fourth-order valence-electron chi connectivity index (χ4n) is 8.55. The van der Waals surface area contributed by atoms with E-state index >= 15 is 0 Å². The summed E-state index contributed by atoms with van der Waals surface area (Å²) in [6.07, 6.45) is 0. The number of aromatic nitrogens is 3. The number of benzene rings is 9. The number of imidazole rings is 1. The Morgan fingerprint density at radius 1 is 0.407 bits per heavy atom. The van der Waals surface area contributed by atoms with Gasteiger partial charge in [0.2, 0.25) is 0 Å². The minimum absolute atomic E-state index is 0.645. The minimum atomic E-state index is 0.645. The van der Waals surface area contributed by atoms with Crippen LogP contribution >= 0.6 is 0 Å². The van der Waals surface area contributed by atoms with E-state index in [0.29, 0.717) is 5.56 Å². The highest BCUT2D eigenvalue weighted by atomic mass is 15.1. The van der Waals surface area contributed by atoms with Crippen LogP contribution in [0.1, 0.15) is 5.56 Å². The maximum Gasteiger partial charge on any atom is 0.146 e. The summed E-state index contributed by atoms with van der Waals surface area (Å²) in [5, 5.41) is 19.1. The van der Waals surface area contributed by atoms with E-state index in [1.54, 1.807) is 0 Å². The molecule has 0 saturated carbocycles. The Hall–Kier alpha value is -7.48. The van der Waals surface area contributed by atoms with Crippen molar-refractivity contribution in [1.29, 1.82) is 5.26 Å². The lowest BCUT2D eigenvalue weighted by molar-refractivity contribution is 1.11. The summed E-state index contributed by atoms with van der Waals surface area (Å²) in [5.41, 5.74) is 10.4. The van der Waals surface area contributed by atoms with Crippen LogP contribution in [0.5, 0.6) is 0 Å². The number of nitriles is 1. The zero-order valence-corrected chi connectivity index (χ0v) is 29.1. The van der Waals surface area contributed by atoms with Crippen LogP contribution in [-0.4, -0.2) is 14.1 Å². The Balaban J connectivity index is 1.21. The quantitative estimate of drug-likeness (QED) is 0.173. The predicted molar refractivity (Wildman–Crippen MR) is 224 cm³/mol. The van der Waals surface area contributed by atoms with E-state index in [1.807, 2.05) is 12.1 Å². The molecule has 0 N–H and O–H groups in total. The third-order valence-corrected chi connectivity index (χ3v) is 10.9. The lowest BCUT2D eigenvalue weighted by atomic mass is 9.87. The number of rotatable bonds is 4. The van der Waals surface area contributed by atoms with Crippen LogP contribution in [0.2, 0.25) is 0 Å². The smallest absolute Gasteiger partial charge is 0.146 e. The maximum atomic E-state index is 9.98. The number of para-hydroxylation sites is 3. The predicted octanol–water partition coefficient (Wildman–Crippen LogP) is 12.8. The zero-order chi connectivity index (χ0) is 35.8. The van der Waals surface area contributed by atoms with E-state index in [2.05, 4.69) is 185 Å². The third-order valence-electron chi connectivity index (χ3n) is 10.9. The van der Waals surface area contributed by atoms with Crippen molar-refractivity contribution < 1.29 is 0 Å². The van der Waals surface area contributed by atoms with E-state index in [4.69, 9.17) is 4.98 Å². The van der Waals surface area contributed by atoms with Crippen LogP contribution in [0.4, 0.5) is 0 Å². The maximum absolute atomic E-state index is 9.98. The molecule has 4 heteroatoms. The van der Waals surface area contributed by atoms with Gasteiger partial charge in [0.25, 0.3) is 0 Å². The Kier molecular flexibility index (Phi) is 6.58. The Morgan fingerprint density at radius 3 is 1.76 bits per heavy atom. The molecule has 11 rings (SSSR count). The van der Waals surface area contributed by atoms with Crippen molar-refractivity contribution in [2.75, 3.05) is 0 Å². The molecule has 9 aromatic carbocycles. The fourth-order valence-corrected chi connectivity index (χ4v) is 8.55. The molecule has 11 aromatic rings. The summed E-state index contributed by atoms with van der Waals surface area (Å²) >= 11 is 0. The Morgan fingerprint density at radius 2 is 1.02 bits per heavy atom. The molecule has 0 amide bonds. The molecule has 0 aliphatic rings. The topological polar surface area (TPSA) is 46.5 Å². The molecule has 250 valence electrons. The summed E-state index contributed by atoms with van der Waals surface area (Å²) in [4.78, 5) is 5.34. The van der Waals surface area contributed by atoms with Crippen molar-refractivity contribution in [3.63, 3.8) is 0 Å². The Bertz CT molecular complexity index is 3280. The van der Waals surface area contributed by atoms with Gasteiger partial charge in [-0.3, -0.25) is 4.57 Å². The molecule has 2 aromatic heterocycles.